The molecule has 94 valence electrons. The van der Waals surface area contributed by atoms with E-state index in [-0.39, 0.29) is 0 Å². The van der Waals surface area contributed by atoms with E-state index < -0.39 is 11.4 Å². The lowest BCUT2D eigenvalue weighted by atomic mass is 9.86. The lowest BCUT2D eigenvalue weighted by Crippen LogP contribution is -2.55. The number of ether oxygens (including phenoxy) is 1. The maximum atomic E-state index is 11.0. The van der Waals surface area contributed by atoms with Gasteiger partial charge < -0.3 is 15.2 Å². The molecule has 17 heavy (non-hydrogen) atoms. The molecule has 0 aliphatic carbocycles. The first-order chi connectivity index (χ1) is 8.12. The van der Waals surface area contributed by atoms with Crippen LogP contribution in [0.5, 0.6) is 0 Å². The average molecular weight is 320 g/mol. The Bertz CT molecular complexity index is 403. The van der Waals surface area contributed by atoms with Crippen molar-refractivity contribution in [2.24, 2.45) is 5.41 Å². The Labute approximate surface area is 112 Å². The summed E-state index contributed by atoms with van der Waals surface area (Å²) in [7, 11) is 0. The highest BCUT2D eigenvalue weighted by Gasteiger charge is 2.45. The topological polar surface area (TPSA) is 58.6 Å². The second kappa shape index (κ2) is 5.48. The van der Waals surface area contributed by atoms with Crippen molar-refractivity contribution in [1.82, 2.24) is 5.32 Å². The molecule has 0 aromatic carbocycles. The summed E-state index contributed by atoms with van der Waals surface area (Å²) < 4.78 is 6.10. The normalized spacial score (nSPS) is 17.7. The fourth-order valence-electron chi connectivity index (χ4n) is 1.67. The number of carboxylic acid groups (broad SMARTS) is 1. The zero-order valence-corrected chi connectivity index (χ0v) is 11.6. The summed E-state index contributed by atoms with van der Waals surface area (Å²) in [6.45, 7) is 1.91. The third kappa shape index (κ3) is 3.07. The van der Waals surface area contributed by atoms with Gasteiger partial charge in [0, 0.05) is 21.3 Å². The smallest absolute Gasteiger partial charge is 0.315 e. The van der Waals surface area contributed by atoms with Gasteiger partial charge in [0.05, 0.1) is 13.2 Å². The minimum atomic E-state index is -0.768. The number of carboxylic acids is 1. The van der Waals surface area contributed by atoms with Crippen LogP contribution in [0.25, 0.3) is 0 Å². The van der Waals surface area contributed by atoms with Crippen LogP contribution in [0.1, 0.15) is 4.88 Å². The van der Waals surface area contributed by atoms with E-state index in [0.717, 1.165) is 17.4 Å². The van der Waals surface area contributed by atoms with Gasteiger partial charge >= 0.3 is 5.97 Å². The molecule has 2 rings (SSSR count). The van der Waals surface area contributed by atoms with E-state index in [2.05, 4.69) is 27.3 Å². The molecule has 0 atom stereocenters. The molecule has 0 unspecified atom stereocenters. The Morgan fingerprint density at radius 2 is 2.41 bits per heavy atom. The summed E-state index contributed by atoms with van der Waals surface area (Å²) in [6, 6.07) is 2.09. The number of thiophene rings is 1. The van der Waals surface area contributed by atoms with Gasteiger partial charge in [-0.1, -0.05) is 0 Å². The third-order valence-electron chi connectivity index (χ3n) is 2.84. The number of aliphatic carboxylic acids is 1. The highest BCUT2D eigenvalue weighted by molar-refractivity contribution is 9.10. The summed E-state index contributed by atoms with van der Waals surface area (Å²) >= 11 is 5.11. The molecular weight excluding hydrogens is 306 g/mol. The first-order valence-corrected chi connectivity index (χ1v) is 7.04. The van der Waals surface area contributed by atoms with Gasteiger partial charge in [0.25, 0.3) is 0 Å². The van der Waals surface area contributed by atoms with Gasteiger partial charge in [-0.05, 0) is 35.0 Å². The van der Waals surface area contributed by atoms with Crippen molar-refractivity contribution in [2.75, 3.05) is 26.3 Å². The Hall–Kier alpha value is -0.430. The molecule has 2 heterocycles. The van der Waals surface area contributed by atoms with Gasteiger partial charge in [-0.25, -0.2) is 0 Å². The van der Waals surface area contributed by atoms with Crippen molar-refractivity contribution in [1.29, 1.82) is 0 Å². The van der Waals surface area contributed by atoms with Gasteiger partial charge in [0.15, 0.2) is 0 Å². The Kier molecular flexibility index (Phi) is 4.19. The highest BCUT2D eigenvalue weighted by atomic mass is 79.9. The average Bonchev–Trinajstić information content (AvgIpc) is 2.61. The third-order valence-corrected chi connectivity index (χ3v) is 4.60. The summed E-state index contributed by atoms with van der Waals surface area (Å²) in [5.41, 5.74) is -0.698. The zero-order chi connectivity index (χ0) is 12.3. The summed E-state index contributed by atoms with van der Waals surface area (Å²) in [5.74, 6) is -0.768. The van der Waals surface area contributed by atoms with Crippen molar-refractivity contribution in [3.63, 3.8) is 0 Å². The van der Waals surface area contributed by atoms with Crippen molar-refractivity contribution in [2.45, 2.75) is 6.42 Å². The van der Waals surface area contributed by atoms with Gasteiger partial charge in [-0.2, -0.15) is 0 Å². The Morgan fingerprint density at radius 3 is 2.88 bits per heavy atom. The van der Waals surface area contributed by atoms with E-state index in [4.69, 9.17) is 9.84 Å². The molecule has 1 aliphatic rings. The molecule has 1 aromatic heterocycles. The van der Waals surface area contributed by atoms with Crippen LogP contribution < -0.4 is 5.32 Å². The highest BCUT2D eigenvalue weighted by Crippen LogP contribution is 2.26. The number of halogens is 1. The van der Waals surface area contributed by atoms with Crippen LogP contribution in [0.4, 0.5) is 0 Å². The number of hydrogen-bond acceptors (Lipinski definition) is 4. The fraction of sp³-hybridized carbons (Fsp3) is 0.545. The molecule has 4 nitrogen and oxygen atoms in total. The maximum Gasteiger partial charge on any atom is 0.315 e. The first-order valence-electron chi connectivity index (χ1n) is 5.37. The van der Waals surface area contributed by atoms with Gasteiger partial charge in [-0.3, -0.25) is 4.79 Å². The largest absolute Gasteiger partial charge is 0.481 e. The second-order valence-corrected chi connectivity index (χ2v) is 6.15. The molecule has 1 fully saturated rings. The van der Waals surface area contributed by atoms with Gasteiger partial charge in [0.1, 0.15) is 5.41 Å². The molecule has 1 aromatic rings. The minimum Gasteiger partial charge on any atom is -0.481 e. The van der Waals surface area contributed by atoms with Crippen molar-refractivity contribution < 1.29 is 14.6 Å². The van der Waals surface area contributed by atoms with E-state index in [1.807, 2.05) is 5.38 Å². The summed E-state index contributed by atoms with van der Waals surface area (Å²) in [5, 5.41) is 14.3. The molecular formula is C11H14BrNO3S. The van der Waals surface area contributed by atoms with Crippen LogP contribution in [0.15, 0.2) is 15.9 Å². The van der Waals surface area contributed by atoms with Crippen LogP contribution in [-0.4, -0.2) is 37.4 Å². The second-order valence-electron chi connectivity index (χ2n) is 4.24. The van der Waals surface area contributed by atoms with Gasteiger partial charge in [-0.15, -0.1) is 11.3 Å². The molecule has 1 aliphatic heterocycles. The van der Waals surface area contributed by atoms with Gasteiger partial charge in [0.2, 0.25) is 0 Å². The number of nitrogens with one attached hydrogen (secondary N) is 1. The molecule has 0 spiro atoms. The molecule has 2 N–H and O–H groups in total. The lowest BCUT2D eigenvalue weighted by molar-refractivity contribution is -0.178. The van der Waals surface area contributed by atoms with Crippen LogP contribution in [0, 0.1) is 5.41 Å². The Morgan fingerprint density at radius 1 is 1.65 bits per heavy atom. The maximum absolute atomic E-state index is 11.0. The predicted molar refractivity (Wildman–Crippen MR) is 69.5 cm³/mol. The lowest BCUT2D eigenvalue weighted by Gasteiger charge is -2.37. The Balaban J connectivity index is 1.71. The summed E-state index contributed by atoms with van der Waals surface area (Å²) in [4.78, 5) is 12.3. The first kappa shape index (κ1) is 13.0. The van der Waals surface area contributed by atoms with Crippen LogP contribution in [-0.2, 0) is 16.0 Å². The molecule has 1 saturated heterocycles. The van der Waals surface area contributed by atoms with Crippen LogP contribution >= 0.6 is 27.3 Å². The van der Waals surface area contributed by atoms with E-state index in [1.54, 1.807) is 11.3 Å². The molecule has 0 amide bonds. The minimum absolute atomic E-state index is 0.319. The zero-order valence-electron chi connectivity index (χ0n) is 9.24. The van der Waals surface area contributed by atoms with E-state index in [0.29, 0.717) is 19.8 Å². The van der Waals surface area contributed by atoms with Crippen LogP contribution in [0.3, 0.4) is 0 Å². The van der Waals surface area contributed by atoms with E-state index in [9.17, 15) is 4.79 Å². The quantitative estimate of drug-likeness (QED) is 0.784. The molecule has 0 saturated carbocycles. The van der Waals surface area contributed by atoms with Crippen molar-refractivity contribution in [3.8, 4) is 0 Å². The predicted octanol–water partition coefficient (Wildman–Crippen LogP) is 1.74. The van der Waals surface area contributed by atoms with E-state index >= 15 is 0 Å². The SMILES string of the molecule is O=C(O)C1(CNCCc2cc(Br)cs2)COC1. The van der Waals surface area contributed by atoms with E-state index in [1.165, 1.54) is 4.88 Å². The molecule has 6 heteroatoms. The van der Waals surface area contributed by atoms with Crippen LogP contribution in [0.2, 0.25) is 0 Å². The summed E-state index contributed by atoms with van der Waals surface area (Å²) in [6.07, 6.45) is 0.923. The standard InChI is InChI=1S/C11H14BrNO3S/c12-8-3-9(17-4-8)1-2-13-5-11(10(14)15)6-16-7-11/h3-4,13H,1-2,5-7H2,(H,14,15). The fourth-order valence-corrected chi connectivity index (χ4v) is 3.13. The monoisotopic (exact) mass is 319 g/mol. The number of carbonyl (C=O) groups is 1. The van der Waals surface area contributed by atoms with Crippen molar-refractivity contribution in [3.05, 3.63) is 20.8 Å². The number of hydrogen-bond donors (Lipinski definition) is 2. The molecule has 0 bridgehead atoms. The van der Waals surface area contributed by atoms with Crippen molar-refractivity contribution >= 4 is 33.2 Å². The number of rotatable bonds is 6. The molecule has 0 radical (unpaired) electrons.